The van der Waals surface area contributed by atoms with Gasteiger partial charge >= 0.3 is 0 Å². The molecule has 2 aromatic carbocycles. The maximum atomic E-state index is 13.0. The average Bonchev–Trinajstić information content (AvgIpc) is 2.69. The van der Waals surface area contributed by atoms with Gasteiger partial charge < -0.3 is 15.1 Å². The number of piperazine rings is 1. The first kappa shape index (κ1) is 18.8. The zero-order valence-corrected chi connectivity index (χ0v) is 14.8. The highest BCUT2D eigenvalue weighted by Gasteiger charge is 2.21. The Morgan fingerprint density at radius 3 is 2.00 bits per heavy atom. The summed E-state index contributed by atoms with van der Waals surface area (Å²) in [5, 5.41) is 2.61. The Morgan fingerprint density at radius 1 is 0.852 bits per heavy atom. The monoisotopic (exact) mass is 373 g/mol. The summed E-state index contributed by atoms with van der Waals surface area (Å²) in [6.45, 7) is 2.34. The second-order valence-corrected chi connectivity index (χ2v) is 6.42. The van der Waals surface area contributed by atoms with Gasteiger partial charge in [0.05, 0.1) is 13.0 Å². The lowest BCUT2D eigenvalue weighted by Gasteiger charge is -2.36. The molecule has 3 rings (SSSR count). The zero-order chi connectivity index (χ0) is 19.2. The van der Waals surface area contributed by atoms with Gasteiger partial charge in [-0.3, -0.25) is 9.59 Å². The minimum absolute atomic E-state index is 0.0590. The topological polar surface area (TPSA) is 52.7 Å². The minimum atomic E-state index is -0.353. The molecule has 0 spiro atoms. The van der Waals surface area contributed by atoms with Crippen LogP contribution >= 0.6 is 0 Å². The van der Waals surface area contributed by atoms with Crippen molar-refractivity contribution in [3.05, 3.63) is 65.7 Å². The first-order valence-corrected chi connectivity index (χ1v) is 8.81. The molecule has 5 nitrogen and oxygen atoms in total. The summed E-state index contributed by atoms with van der Waals surface area (Å²) in [7, 11) is 0. The van der Waals surface area contributed by atoms with E-state index in [4.69, 9.17) is 0 Å². The van der Waals surface area contributed by atoms with E-state index in [1.807, 2.05) is 0 Å². The molecule has 1 fully saturated rings. The molecule has 1 aliphatic rings. The molecule has 0 aromatic heterocycles. The number of halogens is 2. The van der Waals surface area contributed by atoms with Crippen LogP contribution in [0.3, 0.4) is 0 Å². The van der Waals surface area contributed by atoms with Gasteiger partial charge in [0.15, 0.2) is 0 Å². The van der Waals surface area contributed by atoms with Gasteiger partial charge in [-0.15, -0.1) is 0 Å². The van der Waals surface area contributed by atoms with Gasteiger partial charge in [0.2, 0.25) is 11.8 Å². The van der Waals surface area contributed by atoms with E-state index in [1.165, 1.54) is 24.3 Å². The molecule has 0 radical (unpaired) electrons. The number of hydrogen-bond donors (Lipinski definition) is 1. The molecular formula is C20H21F2N3O2. The van der Waals surface area contributed by atoms with Gasteiger partial charge in [0.25, 0.3) is 0 Å². The lowest BCUT2D eigenvalue weighted by atomic mass is 10.1. The standard InChI is InChI=1S/C20H21F2N3O2/c21-16-3-1-15(2-4-16)13-19(26)23-14-20(27)25-11-9-24(10-12-25)18-7-5-17(22)6-8-18/h1-8H,9-14H2,(H,23,26). The number of hydrogen-bond acceptors (Lipinski definition) is 3. The van der Waals surface area contributed by atoms with E-state index in [2.05, 4.69) is 10.2 Å². The Balaban J connectivity index is 1.42. The van der Waals surface area contributed by atoms with Crippen LogP contribution in [-0.4, -0.2) is 49.4 Å². The van der Waals surface area contributed by atoms with Crippen LogP contribution in [0.2, 0.25) is 0 Å². The van der Waals surface area contributed by atoms with Gasteiger partial charge in [-0.05, 0) is 42.0 Å². The number of benzene rings is 2. The average molecular weight is 373 g/mol. The smallest absolute Gasteiger partial charge is 0.242 e. The predicted molar refractivity (Wildman–Crippen MR) is 98.3 cm³/mol. The molecule has 1 saturated heterocycles. The number of nitrogens with one attached hydrogen (secondary N) is 1. The molecule has 0 atom stereocenters. The first-order chi connectivity index (χ1) is 13.0. The van der Waals surface area contributed by atoms with Crippen molar-refractivity contribution in [1.82, 2.24) is 10.2 Å². The van der Waals surface area contributed by atoms with Gasteiger partial charge in [-0.1, -0.05) is 12.1 Å². The Bertz CT molecular complexity index is 786. The molecule has 2 amide bonds. The van der Waals surface area contributed by atoms with E-state index in [0.717, 1.165) is 5.69 Å². The molecule has 0 unspecified atom stereocenters. The molecule has 1 N–H and O–H groups in total. The molecule has 1 aliphatic heterocycles. The second kappa shape index (κ2) is 8.62. The maximum absolute atomic E-state index is 13.0. The SMILES string of the molecule is O=C(Cc1ccc(F)cc1)NCC(=O)N1CCN(c2ccc(F)cc2)CC1. The number of nitrogens with zero attached hydrogens (tertiary/aromatic N) is 2. The summed E-state index contributed by atoms with van der Waals surface area (Å²) in [4.78, 5) is 28.0. The first-order valence-electron chi connectivity index (χ1n) is 8.81. The van der Waals surface area contributed by atoms with Crippen molar-refractivity contribution >= 4 is 17.5 Å². The van der Waals surface area contributed by atoms with Crippen molar-refractivity contribution < 1.29 is 18.4 Å². The van der Waals surface area contributed by atoms with Crippen LogP contribution in [0.4, 0.5) is 14.5 Å². The summed E-state index contributed by atoms with van der Waals surface area (Å²) in [6.07, 6.45) is 0.103. The summed E-state index contributed by atoms with van der Waals surface area (Å²) in [6, 6.07) is 12.0. The molecule has 7 heteroatoms. The lowest BCUT2D eigenvalue weighted by Crippen LogP contribution is -2.51. The van der Waals surface area contributed by atoms with Crippen molar-refractivity contribution in [3.63, 3.8) is 0 Å². The number of carbonyl (C=O) groups is 2. The van der Waals surface area contributed by atoms with E-state index >= 15 is 0 Å². The highest BCUT2D eigenvalue weighted by molar-refractivity contribution is 5.85. The Hall–Kier alpha value is -2.96. The van der Waals surface area contributed by atoms with Crippen molar-refractivity contribution in [2.45, 2.75) is 6.42 Å². The van der Waals surface area contributed by atoms with E-state index in [-0.39, 0.29) is 36.4 Å². The largest absolute Gasteiger partial charge is 0.368 e. The summed E-state index contributed by atoms with van der Waals surface area (Å²) in [5.74, 6) is -1.04. The Labute approximate surface area is 156 Å². The molecule has 2 aromatic rings. The summed E-state index contributed by atoms with van der Waals surface area (Å²) in [5.41, 5.74) is 1.62. The van der Waals surface area contributed by atoms with E-state index in [9.17, 15) is 18.4 Å². The van der Waals surface area contributed by atoms with E-state index < -0.39 is 0 Å². The second-order valence-electron chi connectivity index (χ2n) is 6.42. The Kier molecular flexibility index (Phi) is 6.01. The molecular weight excluding hydrogens is 352 g/mol. The van der Waals surface area contributed by atoms with E-state index in [0.29, 0.717) is 31.7 Å². The van der Waals surface area contributed by atoms with Crippen LogP contribution in [0.1, 0.15) is 5.56 Å². The van der Waals surface area contributed by atoms with E-state index in [1.54, 1.807) is 29.2 Å². The van der Waals surface area contributed by atoms with Crippen LogP contribution < -0.4 is 10.2 Å². The van der Waals surface area contributed by atoms with Gasteiger partial charge in [-0.2, -0.15) is 0 Å². The maximum Gasteiger partial charge on any atom is 0.242 e. The third-order valence-corrected chi connectivity index (χ3v) is 4.54. The molecule has 1 heterocycles. The minimum Gasteiger partial charge on any atom is -0.368 e. The third-order valence-electron chi connectivity index (χ3n) is 4.54. The van der Waals surface area contributed by atoms with Gasteiger partial charge in [0, 0.05) is 31.9 Å². The number of rotatable bonds is 5. The highest BCUT2D eigenvalue weighted by Crippen LogP contribution is 2.16. The normalized spacial score (nSPS) is 14.1. The third kappa shape index (κ3) is 5.26. The van der Waals surface area contributed by atoms with Crippen LogP contribution in [-0.2, 0) is 16.0 Å². The molecule has 142 valence electrons. The van der Waals surface area contributed by atoms with Crippen molar-refractivity contribution in [2.75, 3.05) is 37.6 Å². The fraction of sp³-hybridized carbons (Fsp3) is 0.300. The van der Waals surface area contributed by atoms with Crippen LogP contribution in [0, 0.1) is 11.6 Å². The molecule has 0 bridgehead atoms. The van der Waals surface area contributed by atoms with Crippen molar-refractivity contribution in [3.8, 4) is 0 Å². The number of anilines is 1. The van der Waals surface area contributed by atoms with Crippen LogP contribution in [0.25, 0.3) is 0 Å². The quantitative estimate of drug-likeness (QED) is 0.872. The fourth-order valence-electron chi connectivity index (χ4n) is 3.00. The lowest BCUT2D eigenvalue weighted by molar-refractivity contribution is -0.133. The van der Waals surface area contributed by atoms with Crippen molar-refractivity contribution in [1.29, 1.82) is 0 Å². The van der Waals surface area contributed by atoms with Crippen LogP contribution in [0.15, 0.2) is 48.5 Å². The van der Waals surface area contributed by atoms with Gasteiger partial charge in [-0.25, -0.2) is 8.78 Å². The fourth-order valence-corrected chi connectivity index (χ4v) is 3.00. The molecule has 0 aliphatic carbocycles. The summed E-state index contributed by atoms with van der Waals surface area (Å²) >= 11 is 0. The highest BCUT2D eigenvalue weighted by atomic mass is 19.1. The Morgan fingerprint density at radius 2 is 1.41 bits per heavy atom. The number of carbonyl (C=O) groups excluding carboxylic acids is 2. The molecule has 27 heavy (non-hydrogen) atoms. The van der Waals surface area contributed by atoms with Crippen molar-refractivity contribution in [2.24, 2.45) is 0 Å². The zero-order valence-electron chi connectivity index (χ0n) is 14.8. The molecule has 0 saturated carbocycles. The number of amides is 2. The van der Waals surface area contributed by atoms with Gasteiger partial charge in [0.1, 0.15) is 11.6 Å². The van der Waals surface area contributed by atoms with Crippen LogP contribution in [0.5, 0.6) is 0 Å². The predicted octanol–water partition coefficient (Wildman–Crippen LogP) is 1.97. The summed E-state index contributed by atoms with van der Waals surface area (Å²) < 4.78 is 25.9.